The average molecular weight is 460 g/mol. The van der Waals surface area contributed by atoms with Gasteiger partial charge in [-0.15, -0.1) is 0 Å². The van der Waals surface area contributed by atoms with E-state index < -0.39 is 10.0 Å². The van der Waals surface area contributed by atoms with E-state index in [0.29, 0.717) is 12.3 Å². The molecular weight excluding hydrogens is 422 g/mol. The summed E-state index contributed by atoms with van der Waals surface area (Å²) in [4.78, 5) is 5.25. The van der Waals surface area contributed by atoms with Crippen LogP contribution in [0.3, 0.4) is 0 Å². The second kappa shape index (κ2) is 12.2. The summed E-state index contributed by atoms with van der Waals surface area (Å²) in [6.07, 6.45) is 4.99. The molecule has 1 N–H and O–H groups in total. The molecule has 1 aliphatic rings. The van der Waals surface area contributed by atoms with E-state index in [4.69, 9.17) is 4.74 Å². The minimum atomic E-state index is -3.55. The lowest BCUT2D eigenvalue weighted by atomic mass is 10.1. The highest BCUT2D eigenvalue weighted by molar-refractivity contribution is 7.89. The fourth-order valence-corrected chi connectivity index (χ4v) is 5.46. The number of para-hydroxylation sites is 1. The molecule has 0 atom stereocenters. The fourth-order valence-electron chi connectivity index (χ4n) is 4.11. The SMILES string of the molecule is CCCNS(=O)(=O)c1cc(CCCCCN2CCN(c3ccccc3)CC2)ccc1OC. The number of piperazine rings is 1. The van der Waals surface area contributed by atoms with Crippen molar-refractivity contribution in [3.63, 3.8) is 0 Å². The Morgan fingerprint density at radius 2 is 1.72 bits per heavy atom. The van der Waals surface area contributed by atoms with Crippen LogP contribution in [0.5, 0.6) is 5.75 Å². The summed E-state index contributed by atoms with van der Waals surface area (Å²) >= 11 is 0. The van der Waals surface area contributed by atoms with Gasteiger partial charge in [0.25, 0.3) is 0 Å². The topological polar surface area (TPSA) is 61.9 Å². The van der Waals surface area contributed by atoms with Crippen molar-refractivity contribution in [1.29, 1.82) is 0 Å². The summed E-state index contributed by atoms with van der Waals surface area (Å²) in [6, 6.07) is 16.1. The van der Waals surface area contributed by atoms with Crippen molar-refractivity contribution in [3.05, 3.63) is 54.1 Å². The number of nitrogens with one attached hydrogen (secondary N) is 1. The predicted molar refractivity (Wildman–Crippen MR) is 131 cm³/mol. The molecule has 2 aromatic rings. The van der Waals surface area contributed by atoms with E-state index >= 15 is 0 Å². The quantitative estimate of drug-likeness (QED) is 0.488. The maximum atomic E-state index is 12.6. The van der Waals surface area contributed by atoms with Gasteiger partial charge in [0, 0.05) is 38.4 Å². The van der Waals surface area contributed by atoms with Crippen LogP contribution in [0.25, 0.3) is 0 Å². The minimum absolute atomic E-state index is 0.238. The molecule has 0 saturated carbocycles. The zero-order valence-electron chi connectivity index (χ0n) is 19.4. The third-order valence-corrected chi connectivity index (χ3v) is 7.48. The smallest absolute Gasteiger partial charge is 0.244 e. The van der Waals surface area contributed by atoms with Gasteiger partial charge in [0.15, 0.2) is 0 Å². The van der Waals surface area contributed by atoms with E-state index in [1.54, 1.807) is 12.1 Å². The van der Waals surface area contributed by atoms with Gasteiger partial charge in [0.2, 0.25) is 10.0 Å². The van der Waals surface area contributed by atoms with Gasteiger partial charge >= 0.3 is 0 Å². The summed E-state index contributed by atoms with van der Waals surface area (Å²) in [7, 11) is -2.04. The molecule has 0 spiro atoms. The first-order valence-corrected chi connectivity index (χ1v) is 13.2. The minimum Gasteiger partial charge on any atom is -0.495 e. The van der Waals surface area contributed by atoms with Gasteiger partial charge in [0.1, 0.15) is 10.6 Å². The first kappa shape index (κ1) is 24.6. The lowest BCUT2D eigenvalue weighted by Gasteiger charge is -2.36. The zero-order valence-corrected chi connectivity index (χ0v) is 20.2. The number of hydrogen-bond acceptors (Lipinski definition) is 5. The third kappa shape index (κ3) is 6.95. The Kier molecular flexibility index (Phi) is 9.38. The Hall–Kier alpha value is -2.09. The molecule has 6 nitrogen and oxygen atoms in total. The highest BCUT2D eigenvalue weighted by atomic mass is 32.2. The van der Waals surface area contributed by atoms with Crippen LogP contribution in [-0.4, -0.2) is 59.7 Å². The molecule has 2 aromatic carbocycles. The summed E-state index contributed by atoms with van der Waals surface area (Å²) < 4.78 is 33.1. The van der Waals surface area contributed by atoms with Crippen LogP contribution in [0.4, 0.5) is 5.69 Å². The van der Waals surface area contributed by atoms with Crippen LogP contribution in [0.1, 0.15) is 38.2 Å². The Morgan fingerprint density at radius 3 is 2.41 bits per heavy atom. The van der Waals surface area contributed by atoms with Gasteiger partial charge in [-0.1, -0.05) is 37.6 Å². The number of nitrogens with zero attached hydrogens (tertiary/aromatic N) is 2. The molecule has 1 heterocycles. The number of unbranched alkanes of at least 4 members (excludes halogenated alkanes) is 2. The highest BCUT2D eigenvalue weighted by Gasteiger charge is 2.20. The second-order valence-corrected chi connectivity index (χ2v) is 10.1. The number of hydrogen-bond donors (Lipinski definition) is 1. The van der Waals surface area contributed by atoms with Crippen LogP contribution in [0, 0.1) is 0 Å². The van der Waals surface area contributed by atoms with Crippen LogP contribution in [0.2, 0.25) is 0 Å². The predicted octanol–water partition coefficient (Wildman–Crippen LogP) is 3.92. The molecule has 0 radical (unpaired) electrons. The second-order valence-electron chi connectivity index (χ2n) is 8.36. The van der Waals surface area contributed by atoms with Crippen LogP contribution in [0.15, 0.2) is 53.4 Å². The van der Waals surface area contributed by atoms with Crippen LogP contribution in [-0.2, 0) is 16.4 Å². The van der Waals surface area contributed by atoms with E-state index in [-0.39, 0.29) is 4.90 Å². The van der Waals surface area contributed by atoms with Crippen LogP contribution >= 0.6 is 0 Å². The Balaban J connectivity index is 1.41. The third-order valence-electron chi connectivity index (χ3n) is 5.99. The van der Waals surface area contributed by atoms with Crippen molar-refractivity contribution in [2.75, 3.05) is 51.3 Å². The maximum absolute atomic E-state index is 12.6. The normalized spacial score (nSPS) is 15.1. The number of benzene rings is 2. The summed E-state index contributed by atoms with van der Waals surface area (Å²) in [6.45, 7) is 7.89. The average Bonchev–Trinajstić information content (AvgIpc) is 2.83. The van der Waals surface area contributed by atoms with Crippen molar-refractivity contribution < 1.29 is 13.2 Å². The maximum Gasteiger partial charge on any atom is 0.244 e. The number of aryl methyl sites for hydroxylation is 1. The zero-order chi connectivity index (χ0) is 22.8. The lowest BCUT2D eigenvalue weighted by molar-refractivity contribution is 0.252. The van der Waals surface area contributed by atoms with E-state index in [2.05, 4.69) is 44.9 Å². The Morgan fingerprint density at radius 1 is 0.969 bits per heavy atom. The van der Waals surface area contributed by atoms with E-state index in [0.717, 1.165) is 64.0 Å². The van der Waals surface area contributed by atoms with Gasteiger partial charge in [-0.3, -0.25) is 4.90 Å². The monoisotopic (exact) mass is 459 g/mol. The molecule has 0 bridgehead atoms. The highest BCUT2D eigenvalue weighted by Crippen LogP contribution is 2.25. The van der Waals surface area contributed by atoms with Gasteiger partial charge in [-0.05, 0) is 62.1 Å². The molecule has 0 amide bonds. The van der Waals surface area contributed by atoms with Gasteiger partial charge < -0.3 is 9.64 Å². The van der Waals surface area contributed by atoms with E-state index in [1.807, 2.05) is 13.0 Å². The number of methoxy groups -OCH3 is 1. The number of sulfonamides is 1. The standard InChI is InChI=1S/C25H37N3O3S/c1-3-15-26-32(29,30)25-21-22(13-14-24(25)31-2)10-6-5-9-16-27-17-19-28(20-18-27)23-11-7-4-8-12-23/h4,7-8,11-14,21,26H,3,5-6,9-10,15-20H2,1-2H3. The largest absolute Gasteiger partial charge is 0.495 e. The lowest BCUT2D eigenvalue weighted by Crippen LogP contribution is -2.46. The molecule has 1 aliphatic heterocycles. The molecule has 176 valence electrons. The van der Waals surface area contributed by atoms with Gasteiger partial charge in [-0.2, -0.15) is 0 Å². The van der Waals surface area contributed by atoms with E-state index in [1.165, 1.54) is 19.2 Å². The van der Waals surface area contributed by atoms with E-state index in [9.17, 15) is 8.42 Å². The molecule has 0 aromatic heterocycles. The number of rotatable bonds is 12. The summed E-state index contributed by atoms with van der Waals surface area (Å²) in [5.74, 6) is 0.395. The molecule has 1 saturated heterocycles. The molecule has 7 heteroatoms. The van der Waals surface area contributed by atoms with Crippen LogP contribution < -0.4 is 14.4 Å². The molecule has 0 unspecified atom stereocenters. The van der Waals surface area contributed by atoms with Crippen molar-refractivity contribution in [3.8, 4) is 5.75 Å². The molecule has 3 rings (SSSR count). The first-order valence-electron chi connectivity index (χ1n) is 11.7. The fraction of sp³-hybridized carbons (Fsp3) is 0.520. The first-order chi connectivity index (χ1) is 15.5. The van der Waals surface area contributed by atoms with Crippen molar-refractivity contribution in [2.24, 2.45) is 0 Å². The molecule has 0 aliphatic carbocycles. The summed E-state index contributed by atoms with van der Waals surface area (Å²) in [5.41, 5.74) is 2.36. The van der Waals surface area contributed by atoms with Crippen molar-refractivity contribution in [2.45, 2.75) is 43.9 Å². The summed E-state index contributed by atoms with van der Waals surface area (Å²) in [5, 5.41) is 0. The number of ether oxygens (including phenoxy) is 1. The van der Waals surface area contributed by atoms with Crippen molar-refractivity contribution >= 4 is 15.7 Å². The number of anilines is 1. The van der Waals surface area contributed by atoms with Gasteiger partial charge in [0.05, 0.1) is 7.11 Å². The molecule has 32 heavy (non-hydrogen) atoms. The Bertz CT molecular complexity index is 927. The van der Waals surface area contributed by atoms with Gasteiger partial charge in [-0.25, -0.2) is 13.1 Å². The molecule has 1 fully saturated rings. The molecular formula is C25H37N3O3S. The van der Waals surface area contributed by atoms with Crippen molar-refractivity contribution in [1.82, 2.24) is 9.62 Å². The Labute approximate surface area is 193 Å².